The number of aliphatic imine (C=N–C) groups is 1. The zero-order valence-electron chi connectivity index (χ0n) is 8.11. The van der Waals surface area contributed by atoms with Crippen LogP contribution >= 0.6 is 0 Å². The number of nitrogens with two attached hydrogens (primary N) is 1. The topological polar surface area (TPSA) is 79.9 Å². The third-order valence-corrected chi connectivity index (χ3v) is 1.77. The standard InChI is InChI=1S/C9H13N3O2/c1-6-3-4-7(14-2)5-8(6)11-9(10)12-13/h3-5,13H,1-2H3,(H3,10,11,12). The quantitative estimate of drug-likeness (QED) is 0.372. The van der Waals surface area contributed by atoms with Crippen molar-refractivity contribution in [3.8, 4) is 5.75 Å². The van der Waals surface area contributed by atoms with Crippen LogP contribution < -0.4 is 16.0 Å². The molecule has 0 aliphatic heterocycles. The van der Waals surface area contributed by atoms with Crippen LogP contribution in [0.25, 0.3) is 0 Å². The van der Waals surface area contributed by atoms with Crippen molar-refractivity contribution >= 4 is 11.6 Å². The van der Waals surface area contributed by atoms with Crippen LogP contribution in [0.1, 0.15) is 5.56 Å². The summed E-state index contributed by atoms with van der Waals surface area (Å²) in [5, 5.41) is 8.48. The van der Waals surface area contributed by atoms with Gasteiger partial charge in [0.25, 0.3) is 0 Å². The summed E-state index contributed by atoms with van der Waals surface area (Å²) < 4.78 is 5.03. The molecular formula is C9H13N3O2. The van der Waals surface area contributed by atoms with Crippen molar-refractivity contribution in [2.75, 3.05) is 7.11 Å². The largest absolute Gasteiger partial charge is 0.497 e. The predicted molar refractivity (Wildman–Crippen MR) is 53.9 cm³/mol. The Bertz CT molecular complexity index is 350. The van der Waals surface area contributed by atoms with E-state index in [4.69, 9.17) is 15.7 Å². The van der Waals surface area contributed by atoms with Crippen LogP contribution in [0.15, 0.2) is 23.2 Å². The molecule has 0 aliphatic carbocycles. The highest BCUT2D eigenvalue weighted by molar-refractivity contribution is 5.80. The number of hydrogen-bond donors (Lipinski definition) is 3. The van der Waals surface area contributed by atoms with Crippen LogP contribution in [0, 0.1) is 6.92 Å². The van der Waals surface area contributed by atoms with E-state index in [0.29, 0.717) is 11.4 Å². The average molecular weight is 195 g/mol. The van der Waals surface area contributed by atoms with E-state index in [9.17, 15) is 0 Å². The highest BCUT2D eigenvalue weighted by Gasteiger charge is 1.99. The van der Waals surface area contributed by atoms with Crippen LogP contribution in [0.4, 0.5) is 5.69 Å². The summed E-state index contributed by atoms with van der Waals surface area (Å²) in [6, 6.07) is 5.43. The molecule has 14 heavy (non-hydrogen) atoms. The number of benzene rings is 1. The van der Waals surface area contributed by atoms with Crippen molar-refractivity contribution in [2.24, 2.45) is 10.7 Å². The molecular weight excluding hydrogens is 182 g/mol. The Balaban J connectivity index is 3.06. The Kier molecular flexibility index (Phi) is 3.30. The maximum Gasteiger partial charge on any atom is 0.218 e. The molecule has 0 aromatic heterocycles. The number of aryl methyl sites for hydroxylation is 1. The van der Waals surface area contributed by atoms with Crippen LogP contribution in [0.3, 0.4) is 0 Å². The van der Waals surface area contributed by atoms with Crippen molar-refractivity contribution in [3.05, 3.63) is 23.8 Å². The second kappa shape index (κ2) is 4.48. The Hall–Kier alpha value is -1.75. The molecule has 0 saturated carbocycles. The van der Waals surface area contributed by atoms with Crippen molar-refractivity contribution < 1.29 is 9.94 Å². The van der Waals surface area contributed by atoms with Gasteiger partial charge in [-0.2, -0.15) is 0 Å². The van der Waals surface area contributed by atoms with Gasteiger partial charge in [-0.15, -0.1) is 0 Å². The minimum atomic E-state index is -0.0543. The van der Waals surface area contributed by atoms with E-state index in [0.717, 1.165) is 5.56 Å². The number of ether oxygens (including phenoxy) is 1. The van der Waals surface area contributed by atoms with Gasteiger partial charge >= 0.3 is 0 Å². The normalized spacial score (nSPS) is 11.2. The fourth-order valence-electron chi connectivity index (χ4n) is 0.991. The molecule has 5 heteroatoms. The van der Waals surface area contributed by atoms with E-state index in [1.807, 2.05) is 19.1 Å². The maximum atomic E-state index is 8.48. The molecule has 0 spiro atoms. The molecule has 1 rings (SSSR count). The maximum absolute atomic E-state index is 8.48. The van der Waals surface area contributed by atoms with E-state index in [2.05, 4.69) is 4.99 Å². The highest BCUT2D eigenvalue weighted by atomic mass is 16.5. The van der Waals surface area contributed by atoms with E-state index in [-0.39, 0.29) is 5.96 Å². The molecule has 0 unspecified atom stereocenters. The van der Waals surface area contributed by atoms with E-state index in [1.54, 1.807) is 18.7 Å². The molecule has 1 aromatic rings. The smallest absolute Gasteiger partial charge is 0.218 e. The summed E-state index contributed by atoms with van der Waals surface area (Å²) in [5.41, 5.74) is 8.68. The van der Waals surface area contributed by atoms with Gasteiger partial charge in [0, 0.05) is 6.07 Å². The molecule has 0 heterocycles. The van der Waals surface area contributed by atoms with Crippen molar-refractivity contribution in [3.63, 3.8) is 0 Å². The fraction of sp³-hybridized carbons (Fsp3) is 0.222. The van der Waals surface area contributed by atoms with Gasteiger partial charge in [0.2, 0.25) is 5.96 Å². The minimum absolute atomic E-state index is 0.0543. The van der Waals surface area contributed by atoms with Crippen LogP contribution in [-0.2, 0) is 0 Å². The number of hydroxylamine groups is 1. The molecule has 0 amide bonds. The Morgan fingerprint density at radius 1 is 1.57 bits per heavy atom. The molecule has 0 bridgehead atoms. The molecule has 0 atom stereocenters. The van der Waals surface area contributed by atoms with Gasteiger partial charge in [-0.3, -0.25) is 5.21 Å². The molecule has 1 aromatic carbocycles. The average Bonchev–Trinajstić information content (AvgIpc) is 2.21. The molecule has 4 N–H and O–H groups in total. The molecule has 5 nitrogen and oxygen atoms in total. The molecule has 0 radical (unpaired) electrons. The first-order valence-electron chi connectivity index (χ1n) is 4.06. The number of guanidine groups is 1. The fourth-order valence-corrected chi connectivity index (χ4v) is 0.991. The highest BCUT2D eigenvalue weighted by Crippen LogP contribution is 2.23. The Morgan fingerprint density at radius 2 is 2.29 bits per heavy atom. The van der Waals surface area contributed by atoms with Crippen molar-refractivity contribution in [1.82, 2.24) is 5.48 Å². The first-order chi connectivity index (χ1) is 6.67. The van der Waals surface area contributed by atoms with Gasteiger partial charge in [-0.1, -0.05) is 6.07 Å². The second-order valence-electron chi connectivity index (χ2n) is 2.76. The monoisotopic (exact) mass is 195 g/mol. The third kappa shape index (κ3) is 2.37. The first kappa shape index (κ1) is 10.3. The van der Waals surface area contributed by atoms with Crippen LogP contribution in [0.5, 0.6) is 5.75 Å². The predicted octanol–water partition coefficient (Wildman–Crippen LogP) is 0.929. The molecule has 0 saturated heterocycles. The van der Waals surface area contributed by atoms with Crippen molar-refractivity contribution in [2.45, 2.75) is 6.92 Å². The second-order valence-corrected chi connectivity index (χ2v) is 2.76. The summed E-state index contributed by atoms with van der Waals surface area (Å²) in [4.78, 5) is 3.94. The number of hydrogen-bond acceptors (Lipinski definition) is 3. The van der Waals surface area contributed by atoms with Gasteiger partial charge in [0.15, 0.2) is 0 Å². The summed E-state index contributed by atoms with van der Waals surface area (Å²) >= 11 is 0. The number of rotatable bonds is 2. The Labute approximate surface area is 82.2 Å². The van der Waals surface area contributed by atoms with Crippen molar-refractivity contribution in [1.29, 1.82) is 0 Å². The number of nitrogens with one attached hydrogen (secondary N) is 1. The van der Waals surface area contributed by atoms with Crippen LogP contribution in [0.2, 0.25) is 0 Å². The zero-order chi connectivity index (χ0) is 10.6. The van der Waals surface area contributed by atoms with Gasteiger partial charge in [0.05, 0.1) is 12.8 Å². The van der Waals surface area contributed by atoms with Gasteiger partial charge < -0.3 is 10.5 Å². The van der Waals surface area contributed by atoms with E-state index in [1.165, 1.54) is 0 Å². The van der Waals surface area contributed by atoms with Gasteiger partial charge in [-0.05, 0) is 18.6 Å². The lowest BCUT2D eigenvalue weighted by molar-refractivity contribution is 0.233. The summed E-state index contributed by atoms with van der Waals surface area (Å²) in [5.74, 6) is 0.640. The lowest BCUT2D eigenvalue weighted by atomic mass is 10.2. The third-order valence-electron chi connectivity index (χ3n) is 1.77. The summed E-state index contributed by atoms with van der Waals surface area (Å²) in [6.45, 7) is 1.89. The summed E-state index contributed by atoms with van der Waals surface area (Å²) in [6.07, 6.45) is 0. The lowest BCUT2D eigenvalue weighted by Gasteiger charge is -2.04. The van der Waals surface area contributed by atoms with E-state index < -0.39 is 0 Å². The lowest BCUT2D eigenvalue weighted by Crippen LogP contribution is -2.27. The van der Waals surface area contributed by atoms with Gasteiger partial charge in [-0.25, -0.2) is 10.5 Å². The van der Waals surface area contributed by atoms with Gasteiger partial charge in [0.1, 0.15) is 5.75 Å². The SMILES string of the molecule is COc1ccc(C)c(N=C(N)NO)c1. The number of methoxy groups -OCH3 is 1. The number of nitrogens with zero attached hydrogens (tertiary/aromatic N) is 1. The molecule has 76 valence electrons. The molecule has 0 fully saturated rings. The first-order valence-corrected chi connectivity index (χ1v) is 4.06. The molecule has 0 aliphatic rings. The zero-order valence-corrected chi connectivity index (χ0v) is 8.11. The van der Waals surface area contributed by atoms with Crippen LogP contribution in [-0.4, -0.2) is 18.3 Å². The van der Waals surface area contributed by atoms with E-state index >= 15 is 0 Å². The minimum Gasteiger partial charge on any atom is -0.497 e. The Morgan fingerprint density at radius 3 is 2.86 bits per heavy atom. The summed E-state index contributed by atoms with van der Waals surface area (Å²) in [7, 11) is 1.58.